The highest BCUT2D eigenvalue weighted by Gasteiger charge is 2.44. The molecule has 1 fully saturated rings. The van der Waals surface area contributed by atoms with Crippen molar-refractivity contribution in [2.45, 2.75) is 19.1 Å². The summed E-state index contributed by atoms with van der Waals surface area (Å²) in [6.07, 6.45) is 11.7. The molecule has 4 heteroatoms. The number of carboxylic acids is 1. The van der Waals surface area contributed by atoms with E-state index in [1.54, 1.807) is 0 Å². The lowest BCUT2D eigenvalue weighted by atomic mass is 9.86. The molecule has 20 heavy (non-hydrogen) atoms. The third kappa shape index (κ3) is 2.86. The monoisotopic (exact) mass is 278 g/mol. The number of fused-ring (bicyclic) bond motifs is 5. The Balaban J connectivity index is 0.000000147. The minimum atomic E-state index is -1.12. The SMILES string of the molecule is C1=CC2C3C=CC(C3)C2C1.C=C(C(=O)O)C(OC)OC. The van der Waals surface area contributed by atoms with E-state index >= 15 is 0 Å². The standard InChI is InChI=1S/C10H12.C6H10O4/c1-2-9-7-4-5-8(6-7)10(9)3-1;1-4(5(7)8)6(9-2)10-3/h1-2,4-5,7-10H,3,6H2;6H,1H2,2-3H3,(H,7,8). The van der Waals surface area contributed by atoms with Crippen LogP contribution in [0.25, 0.3) is 0 Å². The Bertz CT molecular complexity index is 434. The van der Waals surface area contributed by atoms with Crippen LogP contribution in [0.4, 0.5) is 0 Å². The van der Waals surface area contributed by atoms with Crippen molar-refractivity contribution in [1.82, 2.24) is 0 Å². The minimum Gasteiger partial charge on any atom is -0.478 e. The minimum absolute atomic E-state index is 0.106. The second-order valence-electron chi connectivity index (χ2n) is 5.49. The summed E-state index contributed by atoms with van der Waals surface area (Å²) in [5, 5.41) is 8.36. The van der Waals surface area contributed by atoms with Gasteiger partial charge in [0.15, 0.2) is 6.29 Å². The van der Waals surface area contributed by atoms with Crippen LogP contribution >= 0.6 is 0 Å². The summed E-state index contributed by atoms with van der Waals surface area (Å²) in [4.78, 5) is 10.2. The smallest absolute Gasteiger partial charge is 0.336 e. The molecule has 0 amide bonds. The Kier molecular flexibility index (Phi) is 4.78. The van der Waals surface area contributed by atoms with E-state index in [0.29, 0.717) is 0 Å². The number of carboxylic acid groups (broad SMARTS) is 1. The highest BCUT2D eigenvalue weighted by molar-refractivity contribution is 5.86. The Morgan fingerprint density at radius 2 is 1.90 bits per heavy atom. The van der Waals surface area contributed by atoms with Gasteiger partial charge in [-0.05, 0) is 36.5 Å². The quantitative estimate of drug-likeness (QED) is 0.488. The molecule has 0 aromatic carbocycles. The van der Waals surface area contributed by atoms with Gasteiger partial charge in [0.05, 0.1) is 5.57 Å². The topological polar surface area (TPSA) is 55.8 Å². The molecular weight excluding hydrogens is 256 g/mol. The van der Waals surface area contributed by atoms with E-state index in [1.807, 2.05) is 0 Å². The molecule has 0 heterocycles. The van der Waals surface area contributed by atoms with Gasteiger partial charge in [-0.15, -0.1) is 0 Å². The number of rotatable bonds is 4. The molecule has 0 aromatic heterocycles. The first-order valence-electron chi connectivity index (χ1n) is 6.91. The maximum absolute atomic E-state index is 10.2. The van der Waals surface area contributed by atoms with Crippen molar-refractivity contribution < 1.29 is 19.4 Å². The summed E-state index contributed by atoms with van der Waals surface area (Å²) in [5.74, 6) is 2.71. The molecule has 1 N–H and O–H groups in total. The molecule has 0 aromatic rings. The number of hydrogen-bond donors (Lipinski definition) is 1. The fourth-order valence-corrected chi connectivity index (χ4v) is 3.45. The van der Waals surface area contributed by atoms with Gasteiger partial charge >= 0.3 is 5.97 Å². The van der Waals surface area contributed by atoms with E-state index in [9.17, 15) is 4.79 Å². The van der Waals surface area contributed by atoms with Crippen LogP contribution in [0.3, 0.4) is 0 Å². The van der Waals surface area contributed by atoms with Gasteiger partial charge in [-0.2, -0.15) is 0 Å². The van der Waals surface area contributed by atoms with Crippen LogP contribution in [-0.2, 0) is 14.3 Å². The van der Waals surface area contributed by atoms with Gasteiger partial charge in [-0.1, -0.05) is 30.9 Å². The van der Waals surface area contributed by atoms with Crippen molar-refractivity contribution in [2.75, 3.05) is 14.2 Å². The van der Waals surface area contributed by atoms with Gasteiger partial charge in [0.1, 0.15) is 0 Å². The van der Waals surface area contributed by atoms with Gasteiger partial charge in [-0.25, -0.2) is 4.79 Å². The Morgan fingerprint density at radius 3 is 2.40 bits per heavy atom. The average molecular weight is 278 g/mol. The molecule has 1 saturated carbocycles. The second kappa shape index (κ2) is 6.37. The van der Waals surface area contributed by atoms with Crippen molar-refractivity contribution in [3.05, 3.63) is 36.5 Å². The van der Waals surface area contributed by atoms with Crippen LogP contribution in [-0.4, -0.2) is 31.6 Å². The number of allylic oxidation sites excluding steroid dienone is 4. The van der Waals surface area contributed by atoms with Gasteiger partial charge in [-0.3, -0.25) is 0 Å². The summed E-state index contributed by atoms with van der Waals surface area (Å²) < 4.78 is 9.24. The first-order chi connectivity index (χ1) is 9.58. The van der Waals surface area contributed by atoms with Crippen molar-refractivity contribution in [1.29, 1.82) is 0 Å². The predicted molar refractivity (Wildman–Crippen MR) is 76.1 cm³/mol. The molecule has 110 valence electrons. The van der Waals surface area contributed by atoms with Crippen LogP contribution in [0, 0.1) is 23.7 Å². The summed E-state index contributed by atoms with van der Waals surface area (Å²) in [6.45, 7) is 3.25. The third-order valence-electron chi connectivity index (χ3n) is 4.44. The van der Waals surface area contributed by atoms with Crippen LogP contribution in [0.15, 0.2) is 36.5 Å². The molecule has 0 spiro atoms. The number of carbonyl (C=O) groups is 1. The summed E-state index contributed by atoms with van der Waals surface area (Å²) >= 11 is 0. The van der Waals surface area contributed by atoms with Crippen molar-refractivity contribution in [2.24, 2.45) is 23.7 Å². The lowest BCUT2D eigenvalue weighted by Gasteiger charge is -2.18. The summed E-state index contributed by atoms with van der Waals surface area (Å²) in [6, 6.07) is 0. The van der Waals surface area contributed by atoms with E-state index in [0.717, 1.165) is 23.7 Å². The number of ether oxygens (including phenoxy) is 2. The van der Waals surface area contributed by atoms with Crippen LogP contribution in [0.1, 0.15) is 12.8 Å². The fraction of sp³-hybridized carbons (Fsp3) is 0.562. The average Bonchev–Trinajstić information content (AvgIpc) is 3.14. The normalized spacial score (nSPS) is 32.1. The van der Waals surface area contributed by atoms with Crippen LogP contribution in [0.5, 0.6) is 0 Å². The van der Waals surface area contributed by atoms with E-state index in [2.05, 4.69) is 40.4 Å². The highest BCUT2D eigenvalue weighted by atomic mass is 16.7. The molecule has 2 bridgehead atoms. The Morgan fingerprint density at radius 1 is 1.25 bits per heavy atom. The zero-order valence-corrected chi connectivity index (χ0v) is 12.0. The first-order valence-corrected chi connectivity index (χ1v) is 6.91. The summed E-state index contributed by atoms with van der Waals surface area (Å²) in [7, 11) is 2.70. The molecule has 4 nitrogen and oxygen atoms in total. The maximum atomic E-state index is 10.2. The van der Waals surface area contributed by atoms with E-state index in [-0.39, 0.29) is 5.57 Å². The van der Waals surface area contributed by atoms with Crippen LogP contribution in [0.2, 0.25) is 0 Å². The van der Waals surface area contributed by atoms with E-state index < -0.39 is 12.3 Å². The van der Waals surface area contributed by atoms with Gasteiger partial charge in [0.25, 0.3) is 0 Å². The van der Waals surface area contributed by atoms with Crippen molar-refractivity contribution in [3.8, 4) is 0 Å². The highest BCUT2D eigenvalue weighted by Crippen LogP contribution is 2.52. The first kappa shape index (κ1) is 15.0. The number of methoxy groups -OCH3 is 2. The second-order valence-corrected chi connectivity index (χ2v) is 5.49. The van der Waals surface area contributed by atoms with Gasteiger partial charge < -0.3 is 14.6 Å². The zero-order chi connectivity index (χ0) is 14.7. The molecule has 4 unspecified atom stereocenters. The van der Waals surface area contributed by atoms with Crippen molar-refractivity contribution in [3.63, 3.8) is 0 Å². The zero-order valence-electron chi connectivity index (χ0n) is 12.0. The fourth-order valence-electron chi connectivity index (χ4n) is 3.45. The maximum Gasteiger partial charge on any atom is 0.336 e. The number of hydrogen-bond acceptors (Lipinski definition) is 3. The predicted octanol–water partition coefficient (Wildman–Crippen LogP) is 2.63. The molecular formula is C16H22O4. The lowest BCUT2D eigenvalue weighted by Crippen LogP contribution is -2.20. The van der Waals surface area contributed by atoms with Crippen LogP contribution < -0.4 is 0 Å². The molecule has 3 aliphatic rings. The molecule has 4 atom stereocenters. The molecule has 3 rings (SSSR count). The van der Waals surface area contributed by atoms with E-state index in [1.165, 1.54) is 27.1 Å². The Hall–Kier alpha value is -1.39. The molecule has 0 radical (unpaired) electrons. The molecule has 0 aliphatic heterocycles. The van der Waals surface area contributed by atoms with Gasteiger partial charge in [0, 0.05) is 14.2 Å². The lowest BCUT2D eigenvalue weighted by molar-refractivity contribution is -0.139. The largest absolute Gasteiger partial charge is 0.478 e. The summed E-state index contributed by atoms with van der Waals surface area (Å²) in [5.41, 5.74) is -0.106. The Labute approximate surface area is 119 Å². The molecule has 3 aliphatic carbocycles. The van der Waals surface area contributed by atoms with E-state index in [4.69, 9.17) is 5.11 Å². The van der Waals surface area contributed by atoms with Crippen molar-refractivity contribution >= 4 is 5.97 Å². The molecule has 0 saturated heterocycles. The third-order valence-corrected chi connectivity index (χ3v) is 4.44. The number of aliphatic carboxylic acids is 1. The van der Waals surface area contributed by atoms with Gasteiger partial charge in [0.2, 0.25) is 0 Å².